The van der Waals surface area contributed by atoms with Gasteiger partial charge in [-0.2, -0.15) is 0 Å². The maximum Gasteiger partial charge on any atom is 0.146 e. The van der Waals surface area contributed by atoms with Crippen LogP contribution in [0.1, 0.15) is 25.7 Å². The molecule has 0 radical (unpaired) electrons. The summed E-state index contributed by atoms with van der Waals surface area (Å²) in [7, 11) is 0. The minimum absolute atomic E-state index is 0.377. The van der Waals surface area contributed by atoms with Crippen LogP contribution in [0.2, 0.25) is 0 Å². The lowest BCUT2D eigenvalue weighted by atomic mass is 10.1. The summed E-state index contributed by atoms with van der Waals surface area (Å²) in [4.78, 5) is 13.2. The van der Waals surface area contributed by atoms with Crippen LogP contribution in [0.15, 0.2) is 0 Å². The fraction of sp³-hybridized carbons (Fsp3) is 0.700. The van der Waals surface area contributed by atoms with Gasteiger partial charge in [0.1, 0.15) is 5.78 Å². The molecule has 1 aliphatic rings. The molecule has 66 valence electrons. The number of hydrogen-bond donors (Lipinski definition) is 0. The second kappa shape index (κ2) is 4.95. The van der Waals surface area contributed by atoms with E-state index in [1.54, 1.807) is 0 Å². The van der Waals surface area contributed by atoms with Crippen molar-refractivity contribution in [3.05, 3.63) is 0 Å². The molecule has 0 bridgehead atoms. The van der Waals surface area contributed by atoms with E-state index < -0.39 is 0 Å². The molecule has 0 aromatic rings. The molecule has 0 amide bonds. The van der Waals surface area contributed by atoms with Gasteiger partial charge in [0, 0.05) is 12.8 Å². The van der Waals surface area contributed by atoms with E-state index in [0.717, 1.165) is 38.8 Å². The maximum atomic E-state index is 11.0. The van der Waals surface area contributed by atoms with Gasteiger partial charge in [-0.3, -0.25) is 9.69 Å². The van der Waals surface area contributed by atoms with E-state index in [2.05, 4.69) is 10.8 Å². The zero-order valence-electron chi connectivity index (χ0n) is 7.38. The standard InChI is InChI=1S/C10H15NO/c1-2-3-4-7-11-8-5-6-10(12)9-11/h1H,3-9H2. The zero-order valence-corrected chi connectivity index (χ0v) is 7.38. The third kappa shape index (κ3) is 3.06. The molecule has 0 N–H and O–H groups in total. The van der Waals surface area contributed by atoms with Crippen LogP contribution < -0.4 is 0 Å². The molecule has 0 atom stereocenters. The number of terminal acetylenes is 1. The summed E-state index contributed by atoms with van der Waals surface area (Å²) in [6.07, 6.45) is 8.77. The molecule has 0 aliphatic carbocycles. The molecular formula is C10H15NO. The third-order valence-corrected chi connectivity index (χ3v) is 2.13. The van der Waals surface area contributed by atoms with Crippen LogP contribution in [0.25, 0.3) is 0 Å². The molecule has 1 saturated heterocycles. The smallest absolute Gasteiger partial charge is 0.146 e. The van der Waals surface area contributed by atoms with Gasteiger partial charge in [0.25, 0.3) is 0 Å². The summed E-state index contributed by atoms with van der Waals surface area (Å²) < 4.78 is 0. The van der Waals surface area contributed by atoms with Crippen molar-refractivity contribution in [2.45, 2.75) is 25.7 Å². The van der Waals surface area contributed by atoms with Crippen LogP contribution in [0.5, 0.6) is 0 Å². The predicted octanol–water partition coefficient (Wildman–Crippen LogP) is 1.06. The first kappa shape index (κ1) is 9.28. The molecule has 0 unspecified atom stereocenters. The SMILES string of the molecule is C#CCCCN1CCCC(=O)C1. The number of ketones is 1. The fourth-order valence-electron chi connectivity index (χ4n) is 1.50. The number of carbonyl (C=O) groups excluding carboxylic acids is 1. The molecule has 0 saturated carbocycles. The highest BCUT2D eigenvalue weighted by Crippen LogP contribution is 2.06. The molecule has 0 spiro atoms. The van der Waals surface area contributed by atoms with Gasteiger partial charge in [-0.25, -0.2) is 0 Å². The largest absolute Gasteiger partial charge is 0.298 e. The van der Waals surface area contributed by atoms with Crippen LogP contribution in [-0.2, 0) is 4.79 Å². The van der Waals surface area contributed by atoms with Gasteiger partial charge in [-0.05, 0) is 25.9 Å². The van der Waals surface area contributed by atoms with E-state index in [-0.39, 0.29) is 0 Å². The fourth-order valence-corrected chi connectivity index (χ4v) is 1.50. The molecule has 1 fully saturated rings. The van der Waals surface area contributed by atoms with Crippen molar-refractivity contribution < 1.29 is 4.79 Å². The molecule has 2 nitrogen and oxygen atoms in total. The number of likely N-dealkylation sites (tertiary alicyclic amines) is 1. The number of piperidine rings is 1. The summed E-state index contributed by atoms with van der Waals surface area (Å²) in [5.41, 5.74) is 0. The van der Waals surface area contributed by atoms with Crippen LogP contribution >= 0.6 is 0 Å². The minimum Gasteiger partial charge on any atom is -0.298 e. The monoisotopic (exact) mass is 165 g/mol. The van der Waals surface area contributed by atoms with Crippen molar-refractivity contribution in [1.29, 1.82) is 0 Å². The van der Waals surface area contributed by atoms with E-state index in [4.69, 9.17) is 6.42 Å². The minimum atomic E-state index is 0.377. The average molecular weight is 165 g/mol. The Morgan fingerprint density at radius 2 is 2.42 bits per heavy atom. The summed E-state index contributed by atoms with van der Waals surface area (Å²) in [6.45, 7) is 2.69. The lowest BCUT2D eigenvalue weighted by Gasteiger charge is -2.24. The maximum absolute atomic E-state index is 11.0. The summed E-state index contributed by atoms with van der Waals surface area (Å²) in [5.74, 6) is 2.98. The number of carbonyl (C=O) groups is 1. The highest BCUT2D eigenvalue weighted by Gasteiger charge is 2.15. The van der Waals surface area contributed by atoms with Crippen LogP contribution in [0.3, 0.4) is 0 Å². The summed E-state index contributed by atoms with van der Waals surface area (Å²) in [5, 5.41) is 0. The second-order valence-corrected chi connectivity index (χ2v) is 3.23. The van der Waals surface area contributed by atoms with Crippen molar-refractivity contribution in [1.82, 2.24) is 4.90 Å². The molecule has 1 aliphatic heterocycles. The van der Waals surface area contributed by atoms with E-state index in [1.807, 2.05) is 0 Å². The molecule has 2 heteroatoms. The lowest BCUT2D eigenvalue weighted by molar-refractivity contribution is -0.122. The van der Waals surface area contributed by atoms with Crippen molar-refractivity contribution >= 4 is 5.78 Å². The molecule has 1 rings (SSSR count). The number of Topliss-reactive ketones (excluding diaryl/α,β-unsaturated/α-hetero) is 1. The molecule has 12 heavy (non-hydrogen) atoms. The van der Waals surface area contributed by atoms with Gasteiger partial charge in [0.2, 0.25) is 0 Å². The van der Waals surface area contributed by atoms with Crippen molar-refractivity contribution in [2.24, 2.45) is 0 Å². The zero-order chi connectivity index (χ0) is 8.81. The Morgan fingerprint density at radius 1 is 1.58 bits per heavy atom. The first-order valence-corrected chi connectivity index (χ1v) is 4.50. The first-order chi connectivity index (χ1) is 5.83. The molecule has 0 aromatic carbocycles. The van der Waals surface area contributed by atoms with Gasteiger partial charge in [-0.1, -0.05) is 0 Å². The Morgan fingerprint density at radius 3 is 3.08 bits per heavy atom. The normalized spacial score (nSPS) is 19.1. The van der Waals surface area contributed by atoms with Crippen molar-refractivity contribution in [3.63, 3.8) is 0 Å². The second-order valence-electron chi connectivity index (χ2n) is 3.23. The molecule has 1 heterocycles. The van der Waals surface area contributed by atoms with E-state index in [1.165, 1.54) is 0 Å². The number of hydrogen-bond acceptors (Lipinski definition) is 2. The van der Waals surface area contributed by atoms with E-state index >= 15 is 0 Å². The predicted molar refractivity (Wildman–Crippen MR) is 48.7 cm³/mol. The summed E-state index contributed by atoms with van der Waals surface area (Å²) >= 11 is 0. The van der Waals surface area contributed by atoms with E-state index in [9.17, 15) is 4.79 Å². The highest BCUT2D eigenvalue weighted by atomic mass is 16.1. The van der Waals surface area contributed by atoms with Gasteiger partial charge in [0.15, 0.2) is 0 Å². The quantitative estimate of drug-likeness (QED) is 0.460. The molecule has 0 aromatic heterocycles. The van der Waals surface area contributed by atoms with Crippen LogP contribution in [-0.4, -0.2) is 30.3 Å². The van der Waals surface area contributed by atoms with Crippen LogP contribution in [0.4, 0.5) is 0 Å². The first-order valence-electron chi connectivity index (χ1n) is 4.50. The van der Waals surface area contributed by atoms with Gasteiger partial charge in [0.05, 0.1) is 6.54 Å². The summed E-state index contributed by atoms with van der Waals surface area (Å²) in [6, 6.07) is 0. The van der Waals surface area contributed by atoms with E-state index in [0.29, 0.717) is 12.3 Å². The Hall–Kier alpha value is -0.810. The Labute approximate surface area is 73.9 Å². The van der Waals surface area contributed by atoms with Crippen LogP contribution in [0, 0.1) is 12.3 Å². The Balaban J connectivity index is 2.15. The topological polar surface area (TPSA) is 20.3 Å². The Bertz CT molecular complexity index is 193. The van der Waals surface area contributed by atoms with Crippen molar-refractivity contribution in [2.75, 3.05) is 19.6 Å². The van der Waals surface area contributed by atoms with Crippen molar-refractivity contribution in [3.8, 4) is 12.3 Å². The highest BCUT2D eigenvalue weighted by molar-refractivity contribution is 5.81. The lowest BCUT2D eigenvalue weighted by Crippen LogP contribution is -2.36. The van der Waals surface area contributed by atoms with Gasteiger partial charge < -0.3 is 0 Å². The number of nitrogens with zero attached hydrogens (tertiary/aromatic N) is 1. The number of rotatable bonds is 3. The van der Waals surface area contributed by atoms with Gasteiger partial charge in [-0.15, -0.1) is 12.3 Å². The number of unbranched alkanes of at least 4 members (excludes halogenated alkanes) is 1. The van der Waals surface area contributed by atoms with Gasteiger partial charge >= 0.3 is 0 Å². The third-order valence-electron chi connectivity index (χ3n) is 2.13. The Kier molecular flexibility index (Phi) is 3.83. The molecular weight excluding hydrogens is 150 g/mol. The average Bonchev–Trinajstić information content (AvgIpc) is 2.05.